The minimum absolute atomic E-state index is 0.240. The summed E-state index contributed by atoms with van der Waals surface area (Å²) in [6.07, 6.45) is 0. The largest absolute Gasteiger partial charge is 0.486 e. The number of ether oxygens (including phenoxy) is 2. The molecule has 8 nitrogen and oxygen atoms in total. The van der Waals surface area contributed by atoms with Crippen LogP contribution in [0.25, 0.3) is 0 Å². The molecule has 0 spiro atoms. The molecule has 9 heteroatoms. The molecule has 31 heavy (non-hydrogen) atoms. The van der Waals surface area contributed by atoms with E-state index in [1.807, 2.05) is 0 Å². The molecular formula is C22H25FN4O4. The van der Waals surface area contributed by atoms with E-state index in [4.69, 9.17) is 9.47 Å². The van der Waals surface area contributed by atoms with E-state index < -0.39 is 11.8 Å². The van der Waals surface area contributed by atoms with E-state index in [0.29, 0.717) is 43.5 Å². The molecule has 0 aliphatic carbocycles. The fourth-order valence-electron chi connectivity index (χ4n) is 3.60. The Morgan fingerprint density at radius 2 is 1.61 bits per heavy atom. The number of carbonyl (C=O) groups excluding carboxylic acids is 2. The number of amides is 2. The van der Waals surface area contributed by atoms with Gasteiger partial charge in [-0.2, -0.15) is 0 Å². The average molecular weight is 428 g/mol. The number of nitrogens with zero attached hydrogens (tertiary/aromatic N) is 2. The fourth-order valence-corrected chi connectivity index (χ4v) is 3.60. The predicted octanol–water partition coefficient (Wildman–Crippen LogP) is 1.47. The summed E-state index contributed by atoms with van der Waals surface area (Å²) in [6.45, 7) is 5.28. The number of carbonyl (C=O) groups is 2. The Hall–Kier alpha value is -3.33. The molecule has 2 aromatic carbocycles. The number of hydrogen-bond donors (Lipinski definition) is 2. The minimum atomic E-state index is -0.724. The molecule has 1 fully saturated rings. The summed E-state index contributed by atoms with van der Waals surface area (Å²) < 4.78 is 24.0. The first-order valence-corrected chi connectivity index (χ1v) is 10.3. The summed E-state index contributed by atoms with van der Waals surface area (Å²) >= 11 is 0. The van der Waals surface area contributed by atoms with Crippen LogP contribution in [0.1, 0.15) is 0 Å². The van der Waals surface area contributed by atoms with Crippen molar-refractivity contribution >= 4 is 23.2 Å². The molecule has 0 unspecified atom stereocenters. The first-order valence-electron chi connectivity index (χ1n) is 10.3. The number of piperazine rings is 1. The maximum absolute atomic E-state index is 13.1. The maximum Gasteiger partial charge on any atom is 0.313 e. The summed E-state index contributed by atoms with van der Waals surface area (Å²) in [7, 11) is 0. The third-order valence-electron chi connectivity index (χ3n) is 5.28. The van der Waals surface area contributed by atoms with E-state index >= 15 is 0 Å². The zero-order valence-electron chi connectivity index (χ0n) is 17.1. The van der Waals surface area contributed by atoms with E-state index in [2.05, 4.69) is 20.4 Å². The van der Waals surface area contributed by atoms with E-state index in [1.54, 1.807) is 30.3 Å². The number of hydrogen-bond acceptors (Lipinski definition) is 6. The van der Waals surface area contributed by atoms with Gasteiger partial charge in [0.25, 0.3) is 0 Å². The molecule has 164 valence electrons. The van der Waals surface area contributed by atoms with Gasteiger partial charge in [-0.1, -0.05) is 0 Å². The van der Waals surface area contributed by atoms with Gasteiger partial charge < -0.3 is 25.0 Å². The van der Waals surface area contributed by atoms with Crippen LogP contribution in [0.15, 0.2) is 42.5 Å². The topological polar surface area (TPSA) is 83.1 Å². The van der Waals surface area contributed by atoms with Crippen molar-refractivity contribution in [2.24, 2.45) is 0 Å². The lowest BCUT2D eigenvalue weighted by molar-refractivity contribution is -0.136. The Kier molecular flexibility index (Phi) is 6.51. The van der Waals surface area contributed by atoms with E-state index in [-0.39, 0.29) is 5.82 Å². The van der Waals surface area contributed by atoms with Gasteiger partial charge in [-0.15, -0.1) is 0 Å². The summed E-state index contributed by atoms with van der Waals surface area (Å²) in [6, 6.07) is 11.5. The second-order valence-corrected chi connectivity index (χ2v) is 7.37. The second kappa shape index (κ2) is 9.65. The lowest BCUT2D eigenvalue weighted by atomic mass is 10.2. The minimum Gasteiger partial charge on any atom is -0.486 e. The van der Waals surface area contributed by atoms with Crippen molar-refractivity contribution in [3.8, 4) is 11.5 Å². The summed E-state index contributed by atoms with van der Waals surface area (Å²) in [5.74, 6) is -0.480. The third-order valence-corrected chi connectivity index (χ3v) is 5.28. The Balaban J connectivity index is 1.17. The van der Waals surface area contributed by atoms with Crippen LogP contribution < -0.4 is 25.0 Å². The highest BCUT2D eigenvalue weighted by atomic mass is 19.1. The fraction of sp³-hybridized carbons (Fsp3) is 0.364. The molecule has 2 aliphatic heterocycles. The molecule has 0 saturated carbocycles. The number of rotatable bonds is 5. The number of anilines is 2. The monoisotopic (exact) mass is 428 g/mol. The van der Waals surface area contributed by atoms with Crippen LogP contribution in [0.5, 0.6) is 11.5 Å². The van der Waals surface area contributed by atoms with Gasteiger partial charge in [0.05, 0.1) is 0 Å². The number of fused-ring (bicyclic) bond motifs is 1. The first kappa shape index (κ1) is 20.9. The smallest absolute Gasteiger partial charge is 0.313 e. The number of nitrogens with one attached hydrogen (secondary N) is 2. The lowest BCUT2D eigenvalue weighted by Gasteiger charge is -2.36. The summed E-state index contributed by atoms with van der Waals surface area (Å²) in [5, 5.41) is 5.23. The Bertz CT molecular complexity index is 930. The molecule has 2 amide bonds. The van der Waals surface area contributed by atoms with Crippen LogP contribution in [-0.2, 0) is 9.59 Å². The molecule has 1 saturated heterocycles. The first-order chi connectivity index (χ1) is 15.1. The highest BCUT2D eigenvalue weighted by molar-refractivity contribution is 6.39. The van der Waals surface area contributed by atoms with Gasteiger partial charge in [0, 0.05) is 56.7 Å². The van der Waals surface area contributed by atoms with Gasteiger partial charge in [0.15, 0.2) is 11.5 Å². The third kappa shape index (κ3) is 5.43. The molecule has 0 aromatic heterocycles. The average Bonchev–Trinajstić information content (AvgIpc) is 2.80. The number of halogens is 1. The molecular weight excluding hydrogens is 403 g/mol. The molecule has 0 atom stereocenters. The van der Waals surface area contributed by atoms with Crippen LogP contribution in [0.2, 0.25) is 0 Å². The molecule has 0 radical (unpaired) electrons. The van der Waals surface area contributed by atoms with Crippen molar-refractivity contribution in [2.45, 2.75) is 0 Å². The second-order valence-electron chi connectivity index (χ2n) is 7.37. The Morgan fingerprint density at radius 3 is 2.35 bits per heavy atom. The highest BCUT2D eigenvalue weighted by Gasteiger charge is 2.19. The molecule has 4 rings (SSSR count). The Morgan fingerprint density at radius 1 is 0.903 bits per heavy atom. The highest BCUT2D eigenvalue weighted by Crippen LogP contribution is 2.32. The van der Waals surface area contributed by atoms with Gasteiger partial charge in [-0.3, -0.25) is 14.5 Å². The molecule has 2 aliphatic rings. The van der Waals surface area contributed by atoms with Crippen LogP contribution in [0.4, 0.5) is 15.8 Å². The van der Waals surface area contributed by atoms with Crippen molar-refractivity contribution < 1.29 is 23.5 Å². The molecule has 2 N–H and O–H groups in total. The van der Waals surface area contributed by atoms with Crippen molar-refractivity contribution in [3.63, 3.8) is 0 Å². The van der Waals surface area contributed by atoms with Gasteiger partial charge in [0.2, 0.25) is 0 Å². The molecule has 2 aromatic rings. The standard InChI is InChI=1S/C22H25FN4O4/c23-16-1-4-18(5-2-16)27-11-9-26(10-12-27)8-7-24-21(28)22(29)25-17-3-6-19-20(15-17)31-14-13-30-19/h1-6,15H,7-14H2,(H,24,28)(H,25,29). The van der Waals surface area contributed by atoms with Crippen molar-refractivity contribution in [3.05, 3.63) is 48.3 Å². The lowest BCUT2D eigenvalue weighted by Crippen LogP contribution is -2.49. The van der Waals surface area contributed by atoms with Gasteiger partial charge >= 0.3 is 11.8 Å². The van der Waals surface area contributed by atoms with Crippen molar-refractivity contribution in [2.75, 3.05) is 62.7 Å². The van der Waals surface area contributed by atoms with Crippen LogP contribution >= 0.6 is 0 Å². The molecule has 0 bridgehead atoms. The zero-order chi connectivity index (χ0) is 21.6. The summed E-state index contributed by atoms with van der Waals surface area (Å²) in [4.78, 5) is 28.7. The Labute approximate surface area is 179 Å². The predicted molar refractivity (Wildman–Crippen MR) is 114 cm³/mol. The SMILES string of the molecule is O=C(NCCN1CCN(c2ccc(F)cc2)CC1)C(=O)Nc1ccc2c(c1)OCCO2. The quantitative estimate of drug-likeness (QED) is 0.702. The van der Waals surface area contributed by atoms with E-state index in [9.17, 15) is 14.0 Å². The van der Waals surface area contributed by atoms with E-state index in [1.165, 1.54) is 12.1 Å². The number of benzene rings is 2. The summed E-state index contributed by atoms with van der Waals surface area (Å²) in [5.41, 5.74) is 1.48. The van der Waals surface area contributed by atoms with Crippen molar-refractivity contribution in [1.29, 1.82) is 0 Å². The molecule has 2 heterocycles. The van der Waals surface area contributed by atoms with Crippen LogP contribution in [0, 0.1) is 5.82 Å². The van der Waals surface area contributed by atoms with Gasteiger partial charge in [-0.25, -0.2) is 4.39 Å². The normalized spacial score (nSPS) is 16.0. The van der Waals surface area contributed by atoms with Crippen LogP contribution in [-0.4, -0.2) is 69.2 Å². The zero-order valence-corrected chi connectivity index (χ0v) is 17.1. The van der Waals surface area contributed by atoms with Gasteiger partial charge in [-0.05, 0) is 36.4 Å². The van der Waals surface area contributed by atoms with Crippen molar-refractivity contribution in [1.82, 2.24) is 10.2 Å². The van der Waals surface area contributed by atoms with E-state index in [0.717, 1.165) is 31.9 Å². The van der Waals surface area contributed by atoms with Crippen LogP contribution in [0.3, 0.4) is 0 Å². The van der Waals surface area contributed by atoms with Gasteiger partial charge in [0.1, 0.15) is 19.0 Å². The maximum atomic E-state index is 13.1.